The van der Waals surface area contributed by atoms with Crippen LogP contribution in [0.4, 0.5) is 0 Å². The average Bonchev–Trinajstić information content (AvgIpc) is 2.61. The van der Waals surface area contributed by atoms with Crippen molar-refractivity contribution in [2.75, 3.05) is 0 Å². The van der Waals surface area contributed by atoms with E-state index in [1.165, 1.54) is 29.0 Å². The number of hydrogen-bond donors (Lipinski definition) is 0. The average molecular weight is 242 g/mol. The minimum atomic E-state index is -0.128. The van der Waals surface area contributed by atoms with Gasteiger partial charge in [0.05, 0.1) is 0 Å². The molecule has 2 amide bonds. The molecule has 3 nitrogen and oxygen atoms in total. The second kappa shape index (κ2) is 6.48. The van der Waals surface area contributed by atoms with Crippen LogP contribution in [0, 0.1) is 0 Å². The van der Waals surface area contributed by atoms with Crippen molar-refractivity contribution in [1.82, 2.24) is 4.90 Å². The molecule has 4 heteroatoms. The van der Waals surface area contributed by atoms with Crippen LogP contribution in [0.2, 0.25) is 0 Å². The number of rotatable bonds is 1. The summed E-state index contributed by atoms with van der Waals surface area (Å²) >= 11 is 4.76. The summed E-state index contributed by atoms with van der Waals surface area (Å²) in [6.45, 7) is 3.13. The summed E-state index contributed by atoms with van der Waals surface area (Å²) in [6, 6.07) is 0.170. The van der Waals surface area contributed by atoms with E-state index in [2.05, 4.69) is 6.58 Å². The molecular weight excluding hydrogens is 226 g/mol. The minimum absolute atomic E-state index is 0.128. The predicted octanol–water partition coefficient (Wildman–Crippen LogP) is 2.61. The van der Waals surface area contributed by atoms with Crippen LogP contribution < -0.4 is 0 Å². The third-order valence-corrected chi connectivity index (χ3v) is 2.78. The van der Waals surface area contributed by atoms with Crippen LogP contribution in [-0.4, -0.2) is 22.8 Å². The molecule has 0 bridgehead atoms. The molecule has 1 aliphatic carbocycles. The highest BCUT2D eigenvalue weighted by Crippen LogP contribution is 2.24. The third-order valence-electron chi connectivity index (χ3n) is 2.78. The Morgan fingerprint density at radius 2 is 1.62 bits per heavy atom. The van der Waals surface area contributed by atoms with E-state index in [-0.39, 0.29) is 17.9 Å². The standard InChI is InChI=1S/C10H13NO2.C2H3Cl/c12-9-6-7-10(13)11(9)8-4-2-1-3-5-8;1-2-3/h6-8H,1-5H2;2H,1H2. The molecule has 0 spiro atoms. The van der Waals surface area contributed by atoms with Gasteiger partial charge in [0.1, 0.15) is 0 Å². The number of carbonyl (C=O) groups is 2. The van der Waals surface area contributed by atoms with Gasteiger partial charge in [-0.15, -0.1) is 0 Å². The third kappa shape index (κ3) is 3.20. The van der Waals surface area contributed by atoms with Crippen LogP contribution in [0.15, 0.2) is 24.3 Å². The summed E-state index contributed by atoms with van der Waals surface area (Å²) in [5, 5.41) is 0. The van der Waals surface area contributed by atoms with Gasteiger partial charge in [0.2, 0.25) is 0 Å². The fourth-order valence-electron chi connectivity index (χ4n) is 2.11. The molecule has 0 N–H and O–H groups in total. The molecule has 0 atom stereocenters. The zero-order chi connectivity index (χ0) is 12.0. The van der Waals surface area contributed by atoms with Gasteiger partial charge in [0.25, 0.3) is 11.8 Å². The van der Waals surface area contributed by atoms with Crippen molar-refractivity contribution in [2.24, 2.45) is 0 Å². The van der Waals surface area contributed by atoms with E-state index in [4.69, 9.17) is 11.6 Å². The van der Waals surface area contributed by atoms with Gasteiger partial charge in [-0.1, -0.05) is 37.4 Å². The molecule has 1 fully saturated rings. The zero-order valence-corrected chi connectivity index (χ0v) is 9.95. The van der Waals surface area contributed by atoms with Crippen LogP contribution in [0.3, 0.4) is 0 Å². The molecular formula is C12H16ClNO2. The van der Waals surface area contributed by atoms with E-state index >= 15 is 0 Å². The van der Waals surface area contributed by atoms with Crippen LogP contribution in [-0.2, 0) is 9.59 Å². The summed E-state index contributed by atoms with van der Waals surface area (Å²) in [4.78, 5) is 24.0. The largest absolute Gasteiger partial charge is 0.272 e. The van der Waals surface area contributed by atoms with E-state index < -0.39 is 0 Å². The van der Waals surface area contributed by atoms with Gasteiger partial charge in [-0.3, -0.25) is 14.5 Å². The monoisotopic (exact) mass is 241 g/mol. The second-order valence-electron chi connectivity index (χ2n) is 3.83. The lowest BCUT2D eigenvalue weighted by Crippen LogP contribution is -2.41. The van der Waals surface area contributed by atoms with E-state index in [9.17, 15) is 9.59 Å². The van der Waals surface area contributed by atoms with Crippen molar-refractivity contribution in [2.45, 2.75) is 38.1 Å². The first-order valence-corrected chi connectivity index (χ1v) is 5.90. The number of imide groups is 1. The molecule has 0 radical (unpaired) electrons. The second-order valence-corrected chi connectivity index (χ2v) is 4.13. The molecule has 88 valence electrons. The summed E-state index contributed by atoms with van der Waals surface area (Å²) in [5.74, 6) is -0.256. The molecule has 0 aromatic rings. The predicted molar refractivity (Wildman–Crippen MR) is 63.9 cm³/mol. The van der Waals surface area contributed by atoms with Gasteiger partial charge in [-0.2, -0.15) is 0 Å². The number of hydrogen-bond acceptors (Lipinski definition) is 2. The Morgan fingerprint density at radius 1 is 1.19 bits per heavy atom. The zero-order valence-electron chi connectivity index (χ0n) is 9.19. The number of nitrogens with zero attached hydrogens (tertiary/aromatic N) is 1. The highest BCUT2D eigenvalue weighted by Gasteiger charge is 2.31. The van der Waals surface area contributed by atoms with Crippen molar-refractivity contribution in [3.05, 3.63) is 24.3 Å². The lowest BCUT2D eigenvalue weighted by molar-refractivity contribution is -0.140. The Labute approximate surface area is 101 Å². The van der Waals surface area contributed by atoms with Crippen molar-refractivity contribution >= 4 is 23.4 Å². The molecule has 2 rings (SSSR count). The summed E-state index contributed by atoms with van der Waals surface area (Å²) in [6.07, 6.45) is 8.23. The molecule has 16 heavy (non-hydrogen) atoms. The Hall–Kier alpha value is -1.09. The first kappa shape index (κ1) is 13.0. The van der Waals surface area contributed by atoms with Crippen LogP contribution in [0.1, 0.15) is 32.1 Å². The molecule has 1 heterocycles. The summed E-state index contributed by atoms with van der Waals surface area (Å²) < 4.78 is 0. The lowest BCUT2D eigenvalue weighted by Gasteiger charge is -2.29. The molecule has 1 saturated carbocycles. The van der Waals surface area contributed by atoms with Crippen molar-refractivity contribution in [3.8, 4) is 0 Å². The molecule has 2 aliphatic rings. The maximum atomic E-state index is 11.3. The van der Waals surface area contributed by atoms with Gasteiger partial charge in [0.15, 0.2) is 0 Å². The summed E-state index contributed by atoms with van der Waals surface area (Å²) in [5.41, 5.74) is 1.22. The van der Waals surface area contributed by atoms with E-state index in [0.717, 1.165) is 25.7 Å². The molecule has 0 saturated heterocycles. The van der Waals surface area contributed by atoms with Crippen LogP contribution >= 0.6 is 11.6 Å². The SMILES string of the molecule is C=CCl.O=C1C=CC(=O)N1C1CCCCC1. The first-order chi connectivity index (χ1) is 7.70. The van der Waals surface area contributed by atoms with Gasteiger partial charge >= 0.3 is 0 Å². The van der Waals surface area contributed by atoms with Gasteiger partial charge in [-0.05, 0) is 18.4 Å². The number of amides is 2. The van der Waals surface area contributed by atoms with E-state index in [1.807, 2.05) is 0 Å². The maximum Gasteiger partial charge on any atom is 0.253 e. The first-order valence-electron chi connectivity index (χ1n) is 5.47. The summed E-state index contributed by atoms with van der Waals surface area (Å²) in [7, 11) is 0. The van der Waals surface area contributed by atoms with E-state index in [1.54, 1.807) is 0 Å². The minimum Gasteiger partial charge on any atom is -0.272 e. The smallest absolute Gasteiger partial charge is 0.253 e. The Balaban J connectivity index is 0.000000386. The van der Waals surface area contributed by atoms with Crippen molar-refractivity contribution < 1.29 is 9.59 Å². The topological polar surface area (TPSA) is 37.4 Å². The highest BCUT2D eigenvalue weighted by atomic mass is 35.5. The van der Waals surface area contributed by atoms with Crippen molar-refractivity contribution in [3.63, 3.8) is 0 Å². The molecule has 0 aromatic heterocycles. The lowest BCUT2D eigenvalue weighted by atomic mass is 9.94. The van der Waals surface area contributed by atoms with Gasteiger partial charge in [-0.25, -0.2) is 0 Å². The van der Waals surface area contributed by atoms with Gasteiger partial charge in [0, 0.05) is 18.2 Å². The van der Waals surface area contributed by atoms with Crippen LogP contribution in [0.25, 0.3) is 0 Å². The Morgan fingerprint density at radius 3 is 2.06 bits per heavy atom. The van der Waals surface area contributed by atoms with Crippen molar-refractivity contribution in [1.29, 1.82) is 0 Å². The molecule has 0 unspecified atom stereocenters. The number of carbonyl (C=O) groups excluding carboxylic acids is 2. The van der Waals surface area contributed by atoms with E-state index in [0.29, 0.717) is 0 Å². The quantitative estimate of drug-likeness (QED) is 0.662. The Bertz CT molecular complexity index is 288. The molecule has 1 aliphatic heterocycles. The van der Waals surface area contributed by atoms with Crippen LogP contribution in [0.5, 0.6) is 0 Å². The van der Waals surface area contributed by atoms with Gasteiger partial charge < -0.3 is 0 Å². The normalized spacial score (nSPS) is 20.7. The molecule has 0 aromatic carbocycles. The Kier molecular flexibility index (Phi) is 5.26. The fraction of sp³-hybridized carbons (Fsp3) is 0.500. The highest BCUT2D eigenvalue weighted by molar-refractivity contribution is 6.25. The maximum absolute atomic E-state index is 11.3. The fourth-order valence-corrected chi connectivity index (χ4v) is 2.11. The number of halogens is 1.